The monoisotopic (exact) mass is 658 g/mol. The van der Waals surface area contributed by atoms with Crippen LogP contribution in [0.3, 0.4) is 0 Å². The molecule has 0 bridgehead atoms. The van der Waals surface area contributed by atoms with Gasteiger partial charge >= 0.3 is 12.1 Å². The van der Waals surface area contributed by atoms with E-state index in [1.165, 1.54) is 6.07 Å². The number of alkyl halides is 3. The molecule has 0 spiro atoms. The van der Waals surface area contributed by atoms with E-state index in [-0.39, 0.29) is 12.2 Å². The number of halogens is 3. The highest BCUT2D eigenvalue weighted by Gasteiger charge is 2.51. The molecule has 236 valence electrons. The van der Waals surface area contributed by atoms with Crippen molar-refractivity contribution in [2.45, 2.75) is 59.3 Å². The molecule has 45 heavy (non-hydrogen) atoms. The van der Waals surface area contributed by atoms with Crippen molar-refractivity contribution in [1.82, 2.24) is 0 Å². The molecule has 4 aromatic carbocycles. The maximum absolute atomic E-state index is 13.9. The normalized spacial score (nSPS) is 22.1. The van der Waals surface area contributed by atoms with Crippen LogP contribution in [0, 0.1) is 0 Å². The number of esters is 1. The van der Waals surface area contributed by atoms with Gasteiger partial charge in [-0.1, -0.05) is 90.6 Å². The zero-order valence-electron chi connectivity index (χ0n) is 23.9. The van der Waals surface area contributed by atoms with Crippen molar-refractivity contribution in [2.24, 2.45) is 0 Å². The van der Waals surface area contributed by atoms with E-state index in [9.17, 15) is 26.4 Å². The van der Waals surface area contributed by atoms with Gasteiger partial charge in [0.25, 0.3) is 10.1 Å². The number of hydrogen-bond acceptors (Lipinski definition) is 8. The number of ether oxygens (including phenoxy) is 3. The topological polar surface area (TPSA) is 88.1 Å². The molecule has 0 radical (unpaired) electrons. The van der Waals surface area contributed by atoms with Crippen LogP contribution >= 0.6 is 11.8 Å². The Bertz CT molecular complexity index is 1670. The van der Waals surface area contributed by atoms with E-state index >= 15 is 0 Å². The summed E-state index contributed by atoms with van der Waals surface area (Å²) in [7, 11) is -5.07. The number of carbonyl (C=O) groups excluding carboxylic acids is 1. The summed E-state index contributed by atoms with van der Waals surface area (Å²) in [6, 6.07) is 29.8. The number of rotatable bonds is 10. The van der Waals surface area contributed by atoms with Gasteiger partial charge in [-0.15, -0.1) is 0 Å². The summed E-state index contributed by atoms with van der Waals surface area (Å²) < 4.78 is 93.0. The lowest BCUT2D eigenvalue weighted by molar-refractivity contribution is -0.205. The second kappa shape index (κ2) is 14.2. The van der Waals surface area contributed by atoms with E-state index in [0.29, 0.717) is 11.0 Å². The molecule has 0 aliphatic carbocycles. The van der Waals surface area contributed by atoms with Crippen LogP contribution in [-0.4, -0.2) is 44.2 Å². The summed E-state index contributed by atoms with van der Waals surface area (Å²) in [5.74, 6) is -0.720. The minimum atomic E-state index is -5.07. The summed E-state index contributed by atoms with van der Waals surface area (Å²) in [4.78, 5) is 12.8. The van der Waals surface area contributed by atoms with Crippen molar-refractivity contribution < 1.29 is 44.8 Å². The van der Waals surface area contributed by atoms with Crippen LogP contribution in [-0.2, 0) is 41.3 Å². The Morgan fingerprint density at radius 3 is 2.02 bits per heavy atom. The fourth-order valence-electron chi connectivity index (χ4n) is 4.81. The molecule has 0 aromatic heterocycles. The van der Waals surface area contributed by atoms with E-state index in [1.807, 2.05) is 6.07 Å². The summed E-state index contributed by atoms with van der Waals surface area (Å²) in [5.41, 5.74) is -1.52. The molecule has 0 amide bonds. The SMILES string of the molecule is C[C@@H]1O[C@H](Sc2ccccc2)[C@H](OS(=O)(=O)c2ccccc2C(F)(F)F)[C@H](OCc2ccccc2)[C@H]1OC(=O)c1ccccc1. The van der Waals surface area contributed by atoms with Crippen LogP contribution in [0.15, 0.2) is 125 Å². The van der Waals surface area contributed by atoms with Crippen molar-refractivity contribution in [3.63, 3.8) is 0 Å². The van der Waals surface area contributed by atoms with Gasteiger partial charge < -0.3 is 14.2 Å². The smallest absolute Gasteiger partial charge is 0.417 e. The maximum atomic E-state index is 13.9. The Labute approximate surface area is 263 Å². The lowest BCUT2D eigenvalue weighted by atomic mass is 10.00. The molecule has 0 N–H and O–H groups in total. The predicted molar refractivity (Wildman–Crippen MR) is 161 cm³/mol. The molecular formula is C33H29F3O7S2. The van der Waals surface area contributed by atoms with Crippen LogP contribution < -0.4 is 0 Å². The van der Waals surface area contributed by atoms with E-state index < -0.39 is 62.6 Å². The third-order valence-corrected chi connectivity index (χ3v) is 9.49. The highest BCUT2D eigenvalue weighted by atomic mass is 32.2. The summed E-state index contributed by atoms with van der Waals surface area (Å²) in [5, 5.41) is 0. The second-order valence-electron chi connectivity index (χ2n) is 10.1. The van der Waals surface area contributed by atoms with Gasteiger partial charge in [-0.3, -0.25) is 4.18 Å². The average Bonchev–Trinajstić information content (AvgIpc) is 3.03. The fourth-order valence-corrected chi connectivity index (χ4v) is 7.34. The Morgan fingerprint density at radius 1 is 0.800 bits per heavy atom. The van der Waals surface area contributed by atoms with Crippen molar-refractivity contribution in [3.8, 4) is 0 Å². The summed E-state index contributed by atoms with van der Waals surface area (Å²) >= 11 is 1.11. The minimum Gasteiger partial charge on any atom is -0.453 e. The van der Waals surface area contributed by atoms with Crippen molar-refractivity contribution in [3.05, 3.63) is 132 Å². The highest BCUT2D eigenvalue weighted by Crippen LogP contribution is 2.40. The molecule has 0 saturated carbocycles. The highest BCUT2D eigenvalue weighted by molar-refractivity contribution is 7.99. The molecule has 5 rings (SSSR count). The zero-order valence-corrected chi connectivity index (χ0v) is 25.5. The number of benzene rings is 4. The lowest BCUT2D eigenvalue weighted by Gasteiger charge is -2.44. The fraction of sp³-hybridized carbons (Fsp3) is 0.242. The van der Waals surface area contributed by atoms with Gasteiger partial charge in [0.2, 0.25) is 0 Å². The Balaban J connectivity index is 1.56. The van der Waals surface area contributed by atoms with E-state index in [4.69, 9.17) is 18.4 Å². The predicted octanol–water partition coefficient (Wildman–Crippen LogP) is 7.13. The largest absolute Gasteiger partial charge is 0.453 e. The van der Waals surface area contributed by atoms with Crippen LogP contribution in [0.5, 0.6) is 0 Å². The summed E-state index contributed by atoms with van der Waals surface area (Å²) in [6.07, 6.45) is -9.83. The molecule has 1 saturated heterocycles. The molecule has 1 fully saturated rings. The molecule has 1 aliphatic heterocycles. The molecule has 0 unspecified atom stereocenters. The van der Waals surface area contributed by atoms with E-state index in [0.717, 1.165) is 29.5 Å². The zero-order chi connectivity index (χ0) is 32.0. The Hall–Kier alpha value is -3.68. The van der Waals surface area contributed by atoms with Crippen LogP contribution in [0.1, 0.15) is 28.4 Å². The Kier molecular flexibility index (Phi) is 10.3. The summed E-state index contributed by atoms with van der Waals surface area (Å²) in [6.45, 7) is 1.60. The third kappa shape index (κ3) is 8.13. The molecule has 7 nitrogen and oxygen atoms in total. The maximum Gasteiger partial charge on any atom is 0.417 e. The van der Waals surface area contributed by atoms with Crippen LogP contribution in [0.4, 0.5) is 13.2 Å². The first-order valence-electron chi connectivity index (χ1n) is 13.9. The van der Waals surface area contributed by atoms with Gasteiger partial charge in [-0.05, 0) is 48.9 Å². The second-order valence-corrected chi connectivity index (χ2v) is 12.9. The molecule has 5 atom stereocenters. The Morgan fingerprint density at radius 2 is 1.38 bits per heavy atom. The molecular weight excluding hydrogens is 629 g/mol. The van der Waals surface area contributed by atoms with Gasteiger partial charge in [0.15, 0.2) is 6.10 Å². The number of hydrogen-bond donors (Lipinski definition) is 0. The van der Waals surface area contributed by atoms with Gasteiger partial charge in [0, 0.05) is 4.90 Å². The van der Waals surface area contributed by atoms with E-state index in [1.54, 1.807) is 91.9 Å². The van der Waals surface area contributed by atoms with Gasteiger partial charge in [0.05, 0.1) is 23.8 Å². The number of thioether (sulfide) groups is 1. The van der Waals surface area contributed by atoms with Crippen LogP contribution in [0.25, 0.3) is 0 Å². The van der Waals surface area contributed by atoms with Crippen molar-refractivity contribution in [1.29, 1.82) is 0 Å². The first-order chi connectivity index (χ1) is 21.5. The quantitative estimate of drug-likeness (QED) is 0.131. The van der Waals surface area contributed by atoms with Gasteiger partial charge in [0.1, 0.15) is 22.5 Å². The molecule has 4 aromatic rings. The number of carbonyl (C=O) groups is 1. The first-order valence-corrected chi connectivity index (χ1v) is 16.2. The standard InChI is InChI=1S/C33H29F3O7S2/c1-22-28(42-31(37)24-15-7-3-8-16-24)29(40-21-23-13-5-2-6-14-23)30(32(41-22)44-25-17-9-4-10-18-25)43-45(38,39)27-20-12-11-19-26(27)33(34,35)36/h2-20,22,28-30,32H,21H2,1H3/t22-,28-,29+,30+,32+/m0/s1. The van der Waals surface area contributed by atoms with Crippen molar-refractivity contribution >= 4 is 27.8 Å². The molecule has 12 heteroatoms. The van der Waals surface area contributed by atoms with Gasteiger partial charge in [-0.25, -0.2) is 4.79 Å². The average molecular weight is 659 g/mol. The molecule has 1 heterocycles. The van der Waals surface area contributed by atoms with E-state index in [2.05, 4.69) is 0 Å². The first kappa shape index (κ1) is 32.7. The third-order valence-electron chi connectivity index (χ3n) is 6.96. The van der Waals surface area contributed by atoms with Crippen molar-refractivity contribution in [2.75, 3.05) is 0 Å². The van der Waals surface area contributed by atoms with Gasteiger partial charge in [-0.2, -0.15) is 21.6 Å². The minimum absolute atomic E-state index is 0.0423. The van der Waals surface area contributed by atoms with Crippen LogP contribution in [0.2, 0.25) is 0 Å². The molecule has 1 aliphatic rings. The lowest BCUT2D eigenvalue weighted by Crippen LogP contribution is -2.59.